The van der Waals surface area contributed by atoms with E-state index in [0.29, 0.717) is 41.2 Å². The van der Waals surface area contributed by atoms with Crippen molar-refractivity contribution < 1.29 is 4.79 Å². The summed E-state index contributed by atoms with van der Waals surface area (Å²) < 4.78 is 1.93. The van der Waals surface area contributed by atoms with Crippen LogP contribution in [0.5, 0.6) is 0 Å². The van der Waals surface area contributed by atoms with Crippen LogP contribution in [0.15, 0.2) is 79.3 Å². The van der Waals surface area contributed by atoms with Gasteiger partial charge in [-0.15, -0.1) is 0 Å². The van der Waals surface area contributed by atoms with Crippen LogP contribution >= 0.6 is 35.4 Å². The number of anilines is 2. The highest BCUT2D eigenvalue weighted by molar-refractivity contribution is 7.80. The Morgan fingerprint density at radius 3 is 2.42 bits per heavy atom. The maximum atomic E-state index is 14.3. The summed E-state index contributed by atoms with van der Waals surface area (Å²) in [6.07, 6.45) is 4.27. The molecule has 0 bridgehead atoms. The van der Waals surface area contributed by atoms with Crippen LogP contribution in [-0.2, 0) is 24.3 Å². The van der Waals surface area contributed by atoms with Gasteiger partial charge in [0.15, 0.2) is 5.11 Å². The standard InChI is InChI=1S/C34H37Cl2N7OS/c1-24(2)16-17-42(22-27-6-5-7-31(35)33(27)36)43(34(45)39-28-12-14-29(15-13-28)40(3)4)32(44)18-30-20-38-23-41(30)21-26-10-8-25(19-37)9-11-26/h5-15,20,23-24H,16-18,21-22H2,1-4H3,(H,39,45). The predicted octanol–water partition coefficient (Wildman–Crippen LogP) is 7.41. The van der Waals surface area contributed by atoms with E-state index in [1.807, 2.05) is 77.1 Å². The van der Waals surface area contributed by atoms with Gasteiger partial charge in [0.1, 0.15) is 0 Å². The summed E-state index contributed by atoms with van der Waals surface area (Å²) in [5.74, 6) is 0.161. The third-order valence-electron chi connectivity index (χ3n) is 7.26. The molecule has 1 amide bonds. The lowest BCUT2D eigenvalue weighted by Gasteiger charge is -2.36. The Morgan fingerprint density at radius 2 is 1.78 bits per heavy atom. The fourth-order valence-electron chi connectivity index (χ4n) is 4.69. The topological polar surface area (TPSA) is 80.4 Å². The monoisotopic (exact) mass is 661 g/mol. The van der Waals surface area contributed by atoms with Crippen molar-refractivity contribution in [3.05, 3.63) is 112 Å². The molecule has 3 aromatic carbocycles. The minimum Gasteiger partial charge on any atom is -0.378 e. The molecule has 4 aromatic rings. The van der Waals surface area contributed by atoms with Gasteiger partial charge in [0.05, 0.1) is 34.4 Å². The van der Waals surface area contributed by atoms with Gasteiger partial charge in [0.2, 0.25) is 5.91 Å². The first-order valence-electron chi connectivity index (χ1n) is 14.6. The molecule has 11 heteroatoms. The largest absolute Gasteiger partial charge is 0.378 e. The molecule has 4 rings (SSSR count). The van der Waals surface area contributed by atoms with E-state index >= 15 is 0 Å². The van der Waals surface area contributed by atoms with Gasteiger partial charge in [0, 0.05) is 57.0 Å². The number of amides is 1. The van der Waals surface area contributed by atoms with E-state index in [0.717, 1.165) is 34.6 Å². The van der Waals surface area contributed by atoms with Gasteiger partial charge >= 0.3 is 0 Å². The summed E-state index contributed by atoms with van der Waals surface area (Å²) in [6.45, 7) is 5.66. The molecule has 45 heavy (non-hydrogen) atoms. The number of halogens is 2. The molecule has 1 aromatic heterocycles. The van der Waals surface area contributed by atoms with Crippen LogP contribution in [0, 0.1) is 17.2 Å². The second-order valence-corrected chi connectivity index (χ2v) is 12.5. The lowest BCUT2D eigenvalue weighted by molar-refractivity contribution is -0.139. The zero-order valence-corrected chi connectivity index (χ0v) is 28.2. The van der Waals surface area contributed by atoms with E-state index in [9.17, 15) is 4.79 Å². The first-order chi connectivity index (χ1) is 21.5. The van der Waals surface area contributed by atoms with Crippen molar-refractivity contribution in [1.29, 1.82) is 5.26 Å². The van der Waals surface area contributed by atoms with E-state index < -0.39 is 0 Å². The molecule has 0 spiro atoms. The minimum atomic E-state index is -0.221. The fourth-order valence-corrected chi connectivity index (χ4v) is 5.41. The number of hydrogen-bond acceptors (Lipinski definition) is 6. The van der Waals surface area contributed by atoms with Gasteiger partial charge in [-0.2, -0.15) is 5.26 Å². The van der Waals surface area contributed by atoms with Crippen LogP contribution in [0.25, 0.3) is 0 Å². The molecule has 0 saturated heterocycles. The highest BCUT2D eigenvalue weighted by Crippen LogP contribution is 2.28. The first kappa shape index (κ1) is 33.9. The van der Waals surface area contributed by atoms with Crippen LogP contribution in [0.1, 0.15) is 42.7 Å². The average molecular weight is 663 g/mol. The zero-order valence-electron chi connectivity index (χ0n) is 25.9. The third kappa shape index (κ3) is 9.28. The molecule has 8 nitrogen and oxygen atoms in total. The number of nitriles is 1. The second-order valence-electron chi connectivity index (χ2n) is 11.4. The quantitative estimate of drug-likeness (QED) is 0.125. The predicted molar refractivity (Wildman–Crippen MR) is 186 cm³/mol. The smallest absolute Gasteiger partial charge is 0.249 e. The Labute approximate surface area is 280 Å². The van der Waals surface area contributed by atoms with Crippen molar-refractivity contribution in [3.63, 3.8) is 0 Å². The number of nitrogens with one attached hydrogen (secondary N) is 1. The van der Waals surface area contributed by atoms with E-state index in [4.69, 9.17) is 40.7 Å². The molecule has 0 radical (unpaired) electrons. The third-order valence-corrected chi connectivity index (χ3v) is 8.40. The number of imidazole rings is 1. The van der Waals surface area contributed by atoms with Gasteiger partial charge in [-0.05, 0) is 78.1 Å². The van der Waals surface area contributed by atoms with Crippen LogP contribution in [0.3, 0.4) is 0 Å². The fraction of sp³-hybridized carbons (Fsp3) is 0.294. The van der Waals surface area contributed by atoms with E-state index in [1.54, 1.807) is 35.7 Å². The van der Waals surface area contributed by atoms with Gasteiger partial charge in [-0.1, -0.05) is 61.3 Å². The number of carbonyl (C=O) groups is 1. The zero-order chi connectivity index (χ0) is 32.5. The number of hydrogen-bond donors (Lipinski definition) is 1. The summed E-state index contributed by atoms with van der Waals surface area (Å²) in [5.41, 5.74) is 4.91. The molecular formula is C34H37Cl2N7OS. The van der Waals surface area contributed by atoms with Crippen molar-refractivity contribution in [1.82, 2.24) is 19.6 Å². The van der Waals surface area contributed by atoms with Crippen molar-refractivity contribution >= 4 is 57.8 Å². The molecule has 0 atom stereocenters. The SMILES string of the molecule is CC(C)CCN(Cc1cccc(Cl)c1Cl)N(C(=O)Cc1cncn1Cc1ccc(C#N)cc1)C(=S)Nc1ccc(N(C)C)cc1. The number of rotatable bonds is 12. The first-order valence-corrected chi connectivity index (χ1v) is 15.8. The van der Waals surface area contributed by atoms with Gasteiger partial charge in [-0.25, -0.2) is 15.0 Å². The molecule has 1 heterocycles. The molecule has 234 valence electrons. The van der Waals surface area contributed by atoms with Gasteiger partial charge in [-0.3, -0.25) is 4.79 Å². The number of carbonyl (C=O) groups excluding carboxylic acids is 1. The van der Waals surface area contributed by atoms with Gasteiger partial charge in [0.25, 0.3) is 0 Å². The highest BCUT2D eigenvalue weighted by atomic mass is 35.5. The van der Waals surface area contributed by atoms with Crippen LogP contribution in [-0.4, -0.2) is 51.2 Å². The maximum Gasteiger partial charge on any atom is 0.249 e. The number of hydrazine groups is 1. The Balaban J connectivity index is 1.66. The molecule has 1 N–H and O–H groups in total. The summed E-state index contributed by atoms with van der Waals surface area (Å²) in [6, 6.07) is 22.8. The molecule has 0 aliphatic carbocycles. The average Bonchev–Trinajstić information content (AvgIpc) is 3.44. The highest BCUT2D eigenvalue weighted by Gasteiger charge is 2.28. The van der Waals surface area contributed by atoms with Crippen LogP contribution < -0.4 is 10.2 Å². The Morgan fingerprint density at radius 1 is 1.07 bits per heavy atom. The molecule has 0 saturated carbocycles. The minimum absolute atomic E-state index is 0.0547. The summed E-state index contributed by atoms with van der Waals surface area (Å²) in [4.78, 5) is 20.7. The molecule has 0 fully saturated rings. The second kappa shape index (κ2) is 15.9. The normalized spacial score (nSPS) is 11.0. The Hall–Kier alpha value is -3.94. The molecule has 0 unspecified atom stereocenters. The Bertz CT molecular complexity index is 1650. The van der Waals surface area contributed by atoms with E-state index in [1.165, 1.54) is 0 Å². The lowest BCUT2D eigenvalue weighted by Crippen LogP contribution is -2.52. The Kier molecular flexibility index (Phi) is 12.0. The van der Waals surface area contributed by atoms with Crippen molar-refractivity contribution in [2.45, 2.75) is 39.8 Å². The summed E-state index contributed by atoms with van der Waals surface area (Å²) >= 11 is 18.9. The van der Waals surface area contributed by atoms with Crippen molar-refractivity contribution in [2.75, 3.05) is 30.9 Å². The molecular weight excluding hydrogens is 625 g/mol. The summed E-state index contributed by atoms with van der Waals surface area (Å²) in [5, 5.41) is 17.1. The van der Waals surface area contributed by atoms with Crippen molar-refractivity contribution in [2.24, 2.45) is 5.92 Å². The molecule has 0 aliphatic rings. The van der Waals surface area contributed by atoms with Crippen LogP contribution in [0.2, 0.25) is 10.0 Å². The maximum absolute atomic E-state index is 14.3. The number of nitrogens with zero attached hydrogens (tertiary/aromatic N) is 6. The number of benzene rings is 3. The number of thiocarbonyl (C=S) groups is 1. The van der Waals surface area contributed by atoms with E-state index in [-0.39, 0.29) is 17.4 Å². The van der Waals surface area contributed by atoms with E-state index in [2.05, 4.69) is 30.2 Å². The number of aromatic nitrogens is 2. The molecule has 0 aliphatic heterocycles. The van der Waals surface area contributed by atoms with Gasteiger partial charge < -0.3 is 14.8 Å². The lowest BCUT2D eigenvalue weighted by atomic mass is 10.1. The van der Waals surface area contributed by atoms with Crippen molar-refractivity contribution in [3.8, 4) is 6.07 Å². The summed E-state index contributed by atoms with van der Waals surface area (Å²) in [7, 11) is 3.96. The van der Waals surface area contributed by atoms with Crippen LogP contribution in [0.4, 0.5) is 11.4 Å².